The molecule has 4 atom stereocenters. The lowest BCUT2D eigenvalue weighted by Gasteiger charge is -2.39. The van der Waals surface area contributed by atoms with Gasteiger partial charge in [-0.3, -0.25) is 4.90 Å². The van der Waals surface area contributed by atoms with Gasteiger partial charge in [0.2, 0.25) is 10.0 Å². The minimum atomic E-state index is -3.61. The van der Waals surface area contributed by atoms with Gasteiger partial charge in [0, 0.05) is 31.1 Å². The molecule has 0 amide bonds. The molecule has 0 radical (unpaired) electrons. The van der Waals surface area contributed by atoms with Crippen LogP contribution < -0.4 is 4.72 Å². The van der Waals surface area contributed by atoms with Gasteiger partial charge in [0.15, 0.2) is 6.29 Å². The Hall–Kier alpha value is -4.67. The van der Waals surface area contributed by atoms with E-state index in [1.54, 1.807) is 30.3 Å². The molecule has 0 unspecified atom stereocenters. The quantitative estimate of drug-likeness (QED) is 0.132. The van der Waals surface area contributed by atoms with Gasteiger partial charge in [-0.05, 0) is 82.4 Å². The second-order valence-corrected chi connectivity index (χ2v) is 15.3. The summed E-state index contributed by atoms with van der Waals surface area (Å²) in [4.78, 5) is 2.59. The number of hydrogen-bond acceptors (Lipinski definition) is 6. The predicted octanol–water partition coefficient (Wildman–Crippen LogP) is 8.72. The highest BCUT2D eigenvalue weighted by Gasteiger charge is 2.33. The largest absolute Gasteiger partial charge is 0.392 e. The number of aliphatic hydroxyl groups is 1. The van der Waals surface area contributed by atoms with E-state index in [0.29, 0.717) is 6.42 Å². The van der Waals surface area contributed by atoms with Crippen LogP contribution in [0.1, 0.15) is 59.6 Å². The highest BCUT2D eigenvalue weighted by molar-refractivity contribution is 7.89. The van der Waals surface area contributed by atoms with Crippen molar-refractivity contribution >= 4 is 20.8 Å². The third-order valence-electron chi connectivity index (χ3n) is 9.99. The standard InChI is InChI=1S/C44H44N2O5S/c1-31(38-24-21-34-10-6-7-11-40(34)26-38)46(2)29-41-27-43(36-17-15-32(30-47)16-18-36)51-44(50-41)37-22-19-35(20-23-37)39-12-8-9-33(25-39)28-45-52(48,49)42-13-4-3-5-14-42/h3-26,31,41,43-45,47H,27-30H2,1-2H3/t31-,41+,43-,44-/m1/s1. The molecule has 7 nitrogen and oxygen atoms in total. The molecule has 6 aromatic rings. The van der Waals surface area contributed by atoms with E-state index in [4.69, 9.17) is 9.47 Å². The van der Waals surface area contributed by atoms with E-state index >= 15 is 0 Å². The van der Waals surface area contributed by atoms with Gasteiger partial charge in [-0.15, -0.1) is 0 Å². The first-order chi connectivity index (χ1) is 25.3. The summed E-state index contributed by atoms with van der Waals surface area (Å²) >= 11 is 0. The Labute approximate surface area is 306 Å². The average Bonchev–Trinajstić information content (AvgIpc) is 3.20. The maximum Gasteiger partial charge on any atom is 0.240 e. The number of ether oxygens (including phenoxy) is 2. The van der Waals surface area contributed by atoms with Crippen LogP contribution in [-0.2, 0) is 32.6 Å². The summed E-state index contributed by atoms with van der Waals surface area (Å²) in [5, 5.41) is 12.1. The van der Waals surface area contributed by atoms with Crippen molar-refractivity contribution in [1.82, 2.24) is 9.62 Å². The van der Waals surface area contributed by atoms with Crippen molar-refractivity contribution in [1.29, 1.82) is 0 Å². The van der Waals surface area contributed by atoms with Crippen LogP contribution in [0.3, 0.4) is 0 Å². The predicted molar refractivity (Wildman–Crippen MR) is 206 cm³/mol. The van der Waals surface area contributed by atoms with Crippen molar-refractivity contribution in [2.45, 2.75) is 55.9 Å². The number of nitrogens with one attached hydrogen (secondary N) is 1. The Balaban J connectivity index is 1.07. The molecule has 0 spiro atoms. The molecular formula is C44H44N2O5S. The minimum absolute atomic E-state index is 0.00379. The molecule has 266 valence electrons. The van der Waals surface area contributed by atoms with Gasteiger partial charge in [0.1, 0.15) is 0 Å². The maximum absolute atomic E-state index is 12.8. The average molecular weight is 713 g/mol. The molecule has 1 aliphatic rings. The van der Waals surface area contributed by atoms with Crippen molar-refractivity contribution in [2.75, 3.05) is 13.6 Å². The van der Waals surface area contributed by atoms with Crippen molar-refractivity contribution in [2.24, 2.45) is 0 Å². The molecular weight excluding hydrogens is 669 g/mol. The fourth-order valence-electron chi connectivity index (χ4n) is 6.79. The molecule has 1 aliphatic heterocycles. The zero-order valence-corrected chi connectivity index (χ0v) is 30.2. The number of benzene rings is 6. The van der Waals surface area contributed by atoms with E-state index in [2.05, 4.69) is 78.2 Å². The molecule has 1 heterocycles. The fraction of sp³-hybridized carbons (Fsp3) is 0.227. The van der Waals surface area contributed by atoms with Crippen LogP contribution in [0.4, 0.5) is 0 Å². The second-order valence-electron chi connectivity index (χ2n) is 13.5. The Morgan fingerprint density at radius 2 is 1.44 bits per heavy atom. The van der Waals surface area contributed by atoms with E-state index in [-0.39, 0.29) is 36.3 Å². The van der Waals surface area contributed by atoms with Crippen LogP contribution in [0, 0.1) is 0 Å². The van der Waals surface area contributed by atoms with Gasteiger partial charge in [0.25, 0.3) is 0 Å². The summed E-state index contributed by atoms with van der Waals surface area (Å²) in [6, 6.07) is 47.7. The summed E-state index contributed by atoms with van der Waals surface area (Å²) in [5.74, 6) is 0. The van der Waals surface area contributed by atoms with Crippen molar-refractivity contribution in [3.8, 4) is 11.1 Å². The molecule has 1 fully saturated rings. The minimum Gasteiger partial charge on any atom is -0.392 e. The SMILES string of the molecule is C[C@H](c1ccc2ccccc2c1)N(C)C[C@@H]1C[C@H](c2ccc(CO)cc2)O[C@H](c2ccc(-c3cccc(CNS(=O)(=O)c4ccccc4)c3)cc2)O1. The Kier molecular flexibility index (Phi) is 10.9. The summed E-state index contributed by atoms with van der Waals surface area (Å²) in [6.45, 7) is 3.13. The van der Waals surface area contributed by atoms with Crippen LogP contribution in [-0.4, -0.2) is 38.1 Å². The van der Waals surface area contributed by atoms with Crippen LogP contribution >= 0.6 is 0 Å². The normalized spacial score (nSPS) is 18.4. The smallest absolute Gasteiger partial charge is 0.240 e. The monoisotopic (exact) mass is 712 g/mol. The highest BCUT2D eigenvalue weighted by Crippen LogP contribution is 2.39. The Morgan fingerprint density at radius 3 is 2.19 bits per heavy atom. The van der Waals surface area contributed by atoms with Gasteiger partial charge < -0.3 is 14.6 Å². The van der Waals surface area contributed by atoms with Gasteiger partial charge in [-0.2, -0.15) is 0 Å². The van der Waals surface area contributed by atoms with Gasteiger partial charge in [-0.1, -0.05) is 121 Å². The molecule has 7 rings (SSSR count). The van der Waals surface area contributed by atoms with E-state index in [1.807, 2.05) is 60.7 Å². The zero-order chi connectivity index (χ0) is 36.1. The van der Waals surface area contributed by atoms with Crippen LogP contribution in [0.25, 0.3) is 21.9 Å². The van der Waals surface area contributed by atoms with E-state index in [1.165, 1.54) is 16.3 Å². The number of sulfonamides is 1. The molecule has 52 heavy (non-hydrogen) atoms. The Bertz CT molecular complexity index is 2210. The van der Waals surface area contributed by atoms with E-state index in [0.717, 1.165) is 39.9 Å². The third-order valence-corrected chi connectivity index (χ3v) is 11.4. The lowest BCUT2D eigenvalue weighted by atomic mass is 9.98. The number of fused-ring (bicyclic) bond motifs is 1. The molecule has 0 saturated carbocycles. The first kappa shape index (κ1) is 35.7. The van der Waals surface area contributed by atoms with Crippen LogP contribution in [0.15, 0.2) is 150 Å². The molecule has 0 aromatic heterocycles. The summed E-state index contributed by atoms with van der Waals surface area (Å²) in [5.41, 5.74) is 6.94. The fourth-order valence-corrected chi connectivity index (χ4v) is 7.83. The number of likely N-dealkylation sites (N-methyl/N-ethyl adjacent to an activating group) is 1. The van der Waals surface area contributed by atoms with Crippen molar-refractivity contribution < 1.29 is 23.0 Å². The number of nitrogens with zero attached hydrogens (tertiary/aromatic N) is 1. The van der Waals surface area contributed by atoms with Gasteiger partial charge in [0.05, 0.1) is 23.7 Å². The summed E-state index contributed by atoms with van der Waals surface area (Å²) < 4.78 is 41.6. The third kappa shape index (κ3) is 8.34. The molecule has 0 aliphatic carbocycles. The zero-order valence-electron chi connectivity index (χ0n) is 29.4. The number of rotatable bonds is 12. The lowest BCUT2D eigenvalue weighted by molar-refractivity contribution is -0.253. The molecule has 1 saturated heterocycles. The summed E-state index contributed by atoms with van der Waals surface area (Å²) in [6.07, 6.45) is -0.150. The van der Waals surface area contributed by atoms with E-state index in [9.17, 15) is 13.5 Å². The number of aliphatic hydroxyl groups excluding tert-OH is 1. The van der Waals surface area contributed by atoms with Crippen molar-refractivity contribution in [3.05, 3.63) is 173 Å². The Morgan fingerprint density at radius 1 is 0.731 bits per heavy atom. The second kappa shape index (κ2) is 15.9. The topological polar surface area (TPSA) is 88.1 Å². The molecule has 6 aromatic carbocycles. The summed E-state index contributed by atoms with van der Waals surface area (Å²) in [7, 11) is -1.47. The molecule has 2 N–H and O–H groups in total. The molecule has 8 heteroatoms. The van der Waals surface area contributed by atoms with Gasteiger partial charge in [-0.25, -0.2) is 13.1 Å². The maximum atomic E-state index is 12.8. The highest BCUT2D eigenvalue weighted by atomic mass is 32.2. The first-order valence-corrected chi connectivity index (χ1v) is 19.2. The molecule has 0 bridgehead atoms. The first-order valence-electron chi connectivity index (χ1n) is 17.7. The van der Waals surface area contributed by atoms with Gasteiger partial charge >= 0.3 is 0 Å². The number of hydrogen-bond donors (Lipinski definition) is 2. The van der Waals surface area contributed by atoms with Crippen LogP contribution in [0.2, 0.25) is 0 Å². The van der Waals surface area contributed by atoms with Crippen LogP contribution in [0.5, 0.6) is 0 Å². The lowest BCUT2D eigenvalue weighted by Crippen LogP contribution is -2.38. The van der Waals surface area contributed by atoms with E-state index < -0.39 is 16.3 Å². The van der Waals surface area contributed by atoms with Crippen molar-refractivity contribution in [3.63, 3.8) is 0 Å².